The Balaban J connectivity index is 0. The van der Waals surface area contributed by atoms with Crippen LogP contribution in [0.3, 0.4) is 0 Å². The molecule has 3 N–H and O–H groups in total. The normalized spacial score (nSPS) is 14.8. The fourth-order valence-corrected chi connectivity index (χ4v) is 3.62. The summed E-state index contributed by atoms with van der Waals surface area (Å²) in [5.74, 6) is -0.767. The minimum Gasteiger partial charge on any atom is -0.369 e. The van der Waals surface area contributed by atoms with Gasteiger partial charge < -0.3 is 11.1 Å². The molecule has 4 nitrogen and oxygen atoms in total. The van der Waals surface area contributed by atoms with E-state index in [1.54, 1.807) is 12.1 Å². The van der Waals surface area contributed by atoms with Gasteiger partial charge in [-0.1, -0.05) is 84.2 Å². The zero-order valence-corrected chi connectivity index (χ0v) is 20.5. The number of amides is 2. The van der Waals surface area contributed by atoms with Crippen LogP contribution in [0, 0.1) is 5.41 Å². The van der Waals surface area contributed by atoms with Gasteiger partial charge in [-0.2, -0.15) is 0 Å². The third-order valence-electron chi connectivity index (χ3n) is 5.38. The number of hydrogen-bond acceptors (Lipinski definition) is 3. The molecule has 0 radical (unpaired) electrons. The summed E-state index contributed by atoms with van der Waals surface area (Å²) in [5, 5.41) is 2.79. The number of hydrogen-bond donors (Lipinski definition) is 3. The van der Waals surface area contributed by atoms with Crippen molar-refractivity contribution in [3.8, 4) is 0 Å². The predicted octanol–water partition coefficient (Wildman–Crippen LogP) is 6.85. The van der Waals surface area contributed by atoms with E-state index in [4.69, 9.17) is 5.73 Å². The van der Waals surface area contributed by atoms with Crippen molar-refractivity contribution in [3.05, 3.63) is 60.2 Å². The van der Waals surface area contributed by atoms with Gasteiger partial charge in [-0.3, -0.25) is 9.59 Å². The molecule has 31 heavy (non-hydrogen) atoms. The van der Waals surface area contributed by atoms with Crippen molar-refractivity contribution in [3.63, 3.8) is 0 Å². The van der Waals surface area contributed by atoms with Gasteiger partial charge in [-0.05, 0) is 48.1 Å². The molecule has 174 valence electrons. The third kappa shape index (κ3) is 8.06. The first-order valence-electron chi connectivity index (χ1n) is 11.1. The summed E-state index contributed by atoms with van der Waals surface area (Å²) in [6.45, 7) is 10.6. The monoisotopic (exact) mass is 446 g/mol. The van der Waals surface area contributed by atoms with E-state index in [0.29, 0.717) is 18.5 Å². The van der Waals surface area contributed by atoms with Gasteiger partial charge in [0, 0.05) is 13.4 Å². The Hall–Kier alpha value is -2.27. The molecule has 2 aromatic rings. The molecule has 0 spiro atoms. The van der Waals surface area contributed by atoms with Gasteiger partial charge in [-0.15, -0.1) is 12.6 Å². The van der Waals surface area contributed by atoms with Crippen LogP contribution in [0.4, 0.5) is 5.69 Å². The Bertz CT molecular complexity index is 816. The molecule has 5 heteroatoms. The van der Waals surface area contributed by atoms with Crippen molar-refractivity contribution in [1.29, 1.82) is 0 Å². The molecular weight excluding hydrogens is 404 g/mol. The molecule has 0 aliphatic heterocycles. The quantitative estimate of drug-likeness (QED) is 0.356. The fourth-order valence-electron chi connectivity index (χ4n) is 3.47. The van der Waals surface area contributed by atoms with Crippen LogP contribution in [0.2, 0.25) is 0 Å². The maximum absolute atomic E-state index is 12.3. The largest absolute Gasteiger partial charge is 0.369 e. The summed E-state index contributed by atoms with van der Waals surface area (Å²) in [6, 6.07) is 17.5. The van der Waals surface area contributed by atoms with Gasteiger partial charge in [0.15, 0.2) is 0 Å². The first-order valence-corrected chi connectivity index (χ1v) is 11.6. The van der Waals surface area contributed by atoms with Crippen LogP contribution >= 0.6 is 12.6 Å². The van der Waals surface area contributed by atoms with E-state index in [0.717, 1.165) is 24.2 Å². The number of para-hydroxylation sites is 1. The molecule has 1 fully saturated rings. The number of carbonyl (C=O) groups is 2. The lowest BCUT2D eigenvalue weighted by molar-refractivity contribution is -0.140. The number of thiol groups is 1. The number of benzene rings is 2. The first-order chi connectivity index (χ1) is 14.6. The van der Waals surface area contributed by atoms with Gasteiger partial charge in [0.25, 0.3) is 0 Å². The second-order valence-electron chi connectivity index (χ2n) is 8.62. The maximum atomic E-state index is 12.3. The highest BCUT2D eigenvalue weighted by atomic mass is 32.1. The lowest BCUT2D eigenvalue weighted by Gasteiger charge is -2.32. The highest BCUT2D eigenvalue weighted by molar-refractivity contribution is 7.80. The van der Waals surface area contributed by atoms with Gasteiger partial charge in [0.2, 0.25) is 11.8 Å². The van der Waals surface area contributed by atoms with E-state index in [1.165, 1.54) is 5.56 Å². The number of carbonyl (C=O) groups excluding carboxylic acids is 2. The van der Waals surface area contributed by atoms with Gasteiger partial charge >= 0.3 is 0 Å². The molecule has 1 saturated carbocycles. The minimum absolute atomic E-state index is 0. The van der Waals surface area contributed by atoms with E-state index in [9.17, 15) is 9.59 Å². The van der Waals surface area contributed by atoms with Gasteiger partial charge in [-0.25, -0.2) is 0 Å². The molecule has 0 atom stereocenters. The maximum Gasteiger partial charge on any atom is 0.240 e. The number of primary amides is 1. The van der Waals surface area contributed by atoms with E-state index in [2.05, 4.69) is 50.8 Å². The van der Waals surface area contributed by atoms with Crippen LogP contribution < -0.4 is 11.1 Å². The smallest absolute Gasteiger partial charge is 0.240 e. The number of anilines is 1. The van der Waals surface area contributed by atoms with Crippen LogP contribution in [0.15, 0.2) is 59.5 Å². The number of rotatable bonds is 3. The summed E-state index contributed by atoms with van der Waals surface area (Å²) in [4.78, 5) is 25.0. The molecule has 0 unspecified atom stereocenters. The Morgan fingerprint density at radius 1 is 0.935 bits per heavy atom. The van der Waals surface area contributed by atoms with Crippen molar-refractivity contribution in [2.45, 2.75) is 77.0 Å². The summed E-state index contributed by atoms with van der Waals surface area (Å²) < 4.78 is 0. The third-order valence-corrected chi connectivity index (χ3v) is 5.68. The average molecular weight is 447 g/mol. The van der Waals surface area contributed by atoms with Crippen LogP contribution in [-0.4, -0.2) is 11.8 Å². The second-order valence-corrected chi connectivity index (χ2v) is 9.14. The summed E-state index contributed by atoms with van der Waals surface area (Å²) in [5.41, 5.74) is 6.75. The molecule has 1 aliphatic rings. The zero-order chi connectivity index (χ0) is 23.5. The summed E-state index contributed by atoms with van der Waals surface area (Å²) in [7, 11) is 0. The Morgan fingerprint density at radius 2 is 1.45 bits per heavy atom. The standard InChI is InChI=1S/C14H18N2O2.C10H14S.C2H6.2H2/c15-12(17)14(9-5-2-6-10-14)13(18)16-11-7-3-1-4-8-11;1-10(2,3)8-4-6-9(11)7-5-8;1-2;;/h1,3-4,7-8H,2,5-6,9-10H2,(H2,15,17)(H,16,18);4-7,11H,1-3H3;1-2H3;2*1H. The van der Waals surface area contributed by atoms with Crippen LogP contribution in [0.1, 0.15) is 75.1 Å². The summed E-state index contributed by atoms with van der Waals surface area (Å²) in [6.07, 6.45) is 3.94. The predicted molar refractivity (Wildman–Crippen MR) is 138 cm³/mol. The zero-order valence-electron chi connectivity index (χ0n) is 19.6. The molecule has 2 amide bonds. The van der Waals surface area contributed by atoms with E-state index < -0.39 is 11.3 Å². The first kappa shape index (κ1) is 26.8. The van der Waals surface area contributed by atoms with Gasteiger partial charge in [0.1, 0.15) is 5.41 Å². The van der Waals surface area contributed by atoms with Crippen molar-refractivity contribution in [1.82, 2.24) is 0 Å². The van der Waals surface area contributed by atoms with Crippen molar-refractivity contribution >= 4 is 30.1 Å². The summed E-state index contributed by atoms with van der Waals surface area (Å²) >= 11 is 4.23. The van der Waals surface area contributed by atoms with Gasteiger partial charge in [0.05, 0.1) is 0 Å². The van der Waals surface area contributed by atoms with Crippen molar-refractivity contribution in [2.24, 2.45) is 11.1 Å². The molecular formula is C26H42N2O2S. The molecule has 0 saturated heterocycles. The van der Waals surface area contributed by atoms with E-state index >= 15 is 0 Å². The molecule has 0 bridgehead atoms. The average Bonchev–Trinajstić information content (AvgIpc) is 2.76. The van der Waals surface area contributed by atoms with Crippen LogP contribution in [0.25, 0.3) is 0 Å². The highest BCUT2D eigenvalue weighted by Crippen LogP contribution is 2.37. The van der Waals surface area contributed by atoms with E-state index in [-0.39, 0.29) is 14.2 Å². The number of nitrogens with two attached hydrogens (primary N) is 1. The molecule has 0 aromatic heterocycles. The Morgan fingerprint density at radius 3 is 1.90 bits per heavy atom. The van der Waals surface area contributed by atoms with Crippen LogP contribution in [-0.2, 0) is 15.0 Å². The lowest BCUT2D eigenvalue weighted by Crippen LogP contribution is -2.48. The Labute approximate surface area is 196 Å². The number of nitrogens with one attached hydrogen (secondary N) is 1. The van der Waals surface area contributed by atoms with Crippen molar-refractivity contribution < 1.29 is 12.4 Å². The second kappa shape index (κ2) is 12.6. The van der Waals surface area contributed by atoms with Crippen molar-refractivity contribution in [2.75, 3.05) is 5.32 Å². The fraction of sp³-hybridized carbons (Fsp3) is 0.462. The SMILES string of the molecule is CC.CC(C)(C)c1ccc(S)cc1.NC(=O)C1(C(=O)Nc2ccccc2)CCCCC1.[HH].[HH]. The lowest BCUT2D eigenvalue weighted by atomic mass is 9.72. The molecule has 0 heterocycles. The minimum atomic E-state index is -1.02. The molecule has 3 rings (SSSR count). The Kier molecular flexibility index (Phi) is 10.8. The van der Waals surface area contributed by atoms with Crippen LogP contribution in [0.5, 0.6) is 0 Å². The highest BCUT2D eigenvalue weighted by Gasteiger charge is 2.44. The molecule has 2 aromatic carbocycles. The topological polar surface area (TPSA) is 72.2 Å². The van der Waals surface area contributed by atoms with E-state index in [1.807, 2.05) is 44.2 Å². The molecule has 1 aliphatic carbocycles.